The monoisotopic (exact) mass is 416 g/mol. The third-order valence-corrected chi connectivity index (χ3v) is 4.90. The molecule has 0 radical (unpaired) electrons. The predicted octanol–water partition coefficient (Wildman–Crippen LogP) is 4.36. The maximum absolute atomic E-state index is 13.0. The molecule has 0 spiro atoms. The third-order valence-electron chi connectivity index (χ3n) is 4.90. The van der Waals surface area contributed by atoms with Gasteiger partial charge in [0.2, 0.25) is 0 Å². The van der Waals surface area contributed by atoms with Crippen LogP contribution in [0.25, 0.3) is 0 Å². The lowest BCUT2D eigenvalue weighted by Crippen LogP contribution is -2.46. The normalized spacial score (nSPS) is 13.8. The fraction of sp³-hybridized carbons (Fsp3) is 0.364. The largest absolute Gasteiger partial charge is 0.336 e. The molecular weight excluding hydrogens is 388 g/mol. The van der Waals surface area contributed by atoms with E-state index < -0.39 is 0 Å². The summed E-state index contributed by atoms with van der Waals surface area (Å²) in [5.41, 5.74) is 2.03. The minimum absolute atomic E-state index is 0. The molecule has 0 aliphatic carbocycles. The molecule has 1 aliphatic heterocycles. The zero-order chi connectivity index (χ0) is 19.8. The second-order valence-corrected chi connectivity index (χ2v) is 7.00. The lowest BCUT2D eigenvalue weighted by atomic mass is 10.0. The summed E-state index contributed by atoms with van der Waals surface area (Å²) in [5, 5.41) is 8.91. The van der Waals surface area contributed by atoms with E-state index in [1.54, 1.807) is 24.3 Å². The molecule has 0 unspecified atom stereocenters. The lowest BCUT2D eigenvalue weighted by Gasteiger charge is -2.34. The van der Waals surface area contributed by atoms with Crippen molar-refractivity contribution < 1.29 is 9.59 Å². The van der Waals surface area contributed by atoms with Crippen LogP contribution in [0.5, 0.6) is 0 Å². The van der Waals surface area contributed by atoms with Crippen molar-refractivity contribution in [2.75, 3.05) is 30.3 Å². The van der Waals surface area contributed by atoms with E-state index in [9.17, 15) is 9.59 Å². The van der Waals surface area contributed by atoms with Crippen molar-refractivity contribution in [1.29, 1.82) is 0 Å². The Kier molecular flexibility index (Phi) is 8.96. The molecule has 156 valence electrons. The summed E-state index contributed by atoms with van der Waals surface area (Å²) in [7, 11) is 0. The average molecular weight is 417 g/mol. The number of carbonyl (C=O) groups excluding carboxylic acids is 2. The fourth-order valence-electron chi connectivity index (χ4n) is 3.49. The van der Waals surface area contributed by atoms with Crippen molar-refractivity contribution in [2.24, 2.45) is 0 Å². The van der Waals surface area contributed by atoms with Crippen molar-refractivity contribution in [2.45, 2.75) is 32.2 Å². The summed E-state index contributed by atoms with van der Waals surface area (Å²) >= 11 is 0. The number of piperidine rings is 1. The molecule has 1 fully saturated rings. The van der Waals surface area contributed by atoms with E-state index in [0.29, 0.717) is 17.3 Å². The molecule has 0 saturated carbocycles. The first kappa shape index (κ1) is 22.7. The van der Waals surface area contributed by atoms with Gasteiger partial charge in [0.15, 0.2) is 0 Å². The minimum atomic E-state index is -0.312. The highest BCUT2D eigenvalue weighted by atomic mass is 35.5. The van der Waals surface area contributed by atoms with Gasteiger partial charge in [0.05, 0.1) is 0 Å². The molecule has 0 bridgehead atoms. The molecule has 29 heavy (non-hydrogen) atoms. The van der Waals surface area contributed by atoms with Gasteiger partial charge in [-0.2, -0.15) is 0 Å². The van der Waals surface area contributed by atoms with Crippen molar-refractivity contribution in [1.82, 2.24) is 10.2 Å². The van der Waals surface area contributed by atoms with Gasteiger partial charge >= 0.3 is 6.03 Å². The number of carbonyl (C=O) groups is 2. The molecule has 6 nitrogen and oxygen atoms in total. The average Bonchev–Trinajstić information content (AvgIpc) is 2.73. The molecule has 0 aromatic heterocycles. The van der Waals surface area contributed by atoms with E-state index in [1.165, 1.54) is 0 Å². The number of benzene rings is 2. The molecule has 2 aromatic carbocycles. The Hall–Kier alpha value is -2.57. The highest BCUT2D eigenvalue weighted by Gasteiger charge is 2.25. The Morgan fingerprint density at radius 2 is 1.55 bits per heavy atom. The zero-order valence-electron chi connectivity index (χ0n) is 16.7. The summed E-state index contributed by atoms with van der Waals surface area (Å²) in [4.78, 5) is 27.1. The number of urea groups is 1. The first-order chi connectivity index (χ1) is 13.7. The number of anilines is 2. The van der Waals surface area contributed by atoms with Crippen LogP contribution in [0.15, 0.2) is 54.6 Å². The van der Waals surface area contributed by atoms with Crippen LogP contribution in [0.2, 0.25) is 0 Å². The first-order valence-corrected chi connectivity index (χ1v) is 9.92. The van der Waals surface area contributed by atoms with Crippen molar-refractivity contribution >= 4 is 35.7 Å². The van der Waals surface area contributed by atoms with Crippen molar-refractivity contribution in [3.05, 3.63) is 60.2 Å². The second-order valence-electron chi connectivity index (χ2n) is 7.00. The van der Waals surface area contributed by atoms with Crippen molar-refractivity contribution in [3.8, 4) is 0 Å². The van der Waals surface area contributed by atoms with Gasteiger partial charge in [-0.25, -0.2) is 4.79 Å². The van der Waals surface area contributed by atoms with Crippen LogP contribution in [0.3, 0.4) is 0 Å². The highest BCUT2D eigenvalue weighted by Crippen LogP contribution is 2.18. The van der Waals surface area contributed by atoms with Crippen LogP contribution in [-0.4, -0.2) is 42.5 Å². The number of para-hydroxylation sites is 1. The van der Waals surface area contributed by atoms with Crippen LogP contribution >= 0.6 is 12.4 Å². The summed E-state index contributed by atoms with van der Waals surface area (Å²) in [6.45, 7) is 4.78. The first-order valence-electron chi connectivity index (χ1n) is 9.92. The fourth-order valence-corrected chi connectivity index (χ4v) is 3.49. The van der Waals surface area contributed by atoms with Gasteiger partial charge in [0, 0.05) is 29.5 Å². The number of rotatable bonds is 6. The Morgan fingerprint density at radius 1 is 0.966 bits per heavy atom. The van der Waals surface area contributed by atoms with Crippen LogP contribution < -0.4 is 16.0 Å². The standard InChI is InChI=1S/C22H28N4O2.ClH/c1-2-16-26(20-12-14-23-15-13-20)21(27)17-8-10-19(11-9-17)25-22(28)24-18-6-4-3-5-7-18;/h3-11,20,23H,2,12-16H2,1H3,(H2,24,25,28);1H. The third kappa shape index (κ3) is 6.48. The van der Waals surface area contributed by atoms with Gasteiger partial charge in [0.1, 0.15) is 0 Å². The van der Waals surface area contributed by atoms with Crippen LogP contribution in [0.4, 0.5) is 16.2 Å². The van der Waals surface area contributed by atoms with Gasteiger partial charge in [-0.15, -0.1) is 12.4 Å². The van der Waals surface area contributed by atoms with Gasteiger partial charge in [-0.3, -0.25) is 4.79 Å². The molecule has 7 heteroatoms. The summed E-state index contributed by atoms with van der Waals surface area (Å²) in [6, 6.07) is 16.3. The van der Waals surface area contributed by atoms with E-state index >= 15 is 0 Å². The van der Waals surface area contributed by atoms with Gasteiger partial charge in [-0.1, -0.05) is 25.1 Å². The van der Waals surface area contributed by atoms with Crippen LogP contribution in [0.1, 0.15) is 36.5 Å². The Balaban J connectivity index is 0.00000300. The lowest BCUT2D eigenvalue weighted by molar-refractivity contribution is 0.0642. The molecular formula is C22H29ClN4O2. The number of amides is 3. The van der Waals surface area contributed by atoms with E-state index in [0.717, 1.165) is 44.6 Å². The Morgan fingerprint density at radius 3 is 2.14 bits per heavy atom. The predicted molar refractivity (Wildman–Crippen MR) is 120 cm³/mol. The quantitative estimate of drug-likeness (QED) is 0.655. The molecule has 2 aromatic rings. The summed E-state index contributed by atoms with van der Waals surface area (Å²) in [5.74, 6) is 0.0639. The molecule has 1 heterocycles. The zero-order valence-corrected chi connectivity index (χ0v) is 17.5. The molecule has 1 saturated heterocycles. The second kappa shape index (κ2) is 11.4. The summed E-state index contributed by atoms with van der Waals surface area (Å²) < 4.78 is 0. The Labute approximate surface area is 178 Å². The van der Waals surface area contributed by atoms with E-state index in [2.05, 4.69) is 22.9 Å². The van der Waals surface area contributed by atoms with Crippen molar-refractivity contribution in [3.63, 3.8) is 0 Å². The van der Waals surface area contributed by atoms with Gasteiger partial charge in [0.25, 0.3) is 5.91 Å². The highest BCUT2D eigenvalue weighted by molar-refractivity contribution is 6.00. The molecule has 3 rings (SSSR count). The number of nitrogens with zero attached hydrogens (tertiary/aromatic N) is 1. The van der Waals surface area contributed by atoms with Crippen LogP contribution in [0, 0.1) is 0 Å². The molecule has 3 amide bonds. The van der Waals surface area contributed by atoms with Gasteiger partial charge < -0.3 is 20.9 Å². The van der Waals surface area contributed by atoms with E-state index in [-0.39, 0.29) is 24.3 Å². The maximum Gasteiger partial charge on any atom is 0.323 e. The smallest absolute Gasteiger partial charge is 0.323 e. The molecule has 0 atom stereocenters. The van der Waals surface area contributed by atoms with E-state index in [4.69, 9.17) is 0 Å². The van der Waals surface area contributed by atoms with Crippen LogP contribution in [-0.2, 0) is 0 Å². The van der Waals surface area contributed by atoms with Gasteiger partial charge in [-0.05, 0) is 68.8 Å². The minimum Gasteiger partial charge on any atom is -0.336 e. The number of halogens is 1. The topological polar surface area (TPSA) is 73.5 Å². The molecule has 3 N–H and O–H groups in total. The SMILES string of the molecule is CCCN(C(=O)c1ccc(NC(=O)Nc2ccccc2)cc1)C1CCNCC1.Cl. The number of hydrogen-bond acceptors (Lipinski definition) is 3. The number of nitrogens with one attached hydrogen (secondary N) is 3. The maximum atomic E-state index is 13.0. The summed E-state index contributed by atoms with van der Waals surface area (Å²) in [6.07, 6.45) is 2.92. The molecule has 1 aliphatic rings. The Bertz CT molecular complexity index is 777. The van der Waals surface area contributed by atoms with E-state index in [1.807, 2.05) is 35.2 Å². The number of hydrogen-bond donors (Lipinski definition) is 3.